The molecule has 4 aromatic rings. The normalized spacial score (nSPS) is 11.5. The van der Waals surface area contributed by atoms with Gasteiger partial charge in [0.05, 0.1) is 0 Å². The molecule has 0 aliphatic heterocycles. The van der Waals surface area contributed by atoms with E-state index < -0.39 is 0 Å². The van der Waals surface area contributed by atoms with Gasteiger partial charge in [0.1, 0.15) is 0 Å². The molecule has 4 rings (SSSR count). The minimum absolute atomic E-state index is 1.31. The SMILES string of the molecule is Cc1ccc(I)c2ccc3cc4ccccc4cc3c12. The maximum absolute atomic E-state index is 2.43. The van der Waals surface area contributed by atoms with Crippen molar-refractivity contribution in [2.45, 2.75) is 6.92 Å². The van der Waals surface area contributed by atoms with Crippen LogP contribution >= 0.6 is 22.6 Å². The summed E-state index contributed by atoms with van der Waals surface area (Å²) in [6, 6.07) is 22.1. The molecule has 0 atom stereocenters. The Labute approximate surface area is 131 Å². The molecule has 0 saturated heterocycles. The molecule has 0 fully saturated rings. The zero-order valence-electron chi connectivity index (χ0n) is 11.2. The van der Waals surface area contributed by atoms with Crippen LogP contribution in [0.15, 0.2) is 60.7 Å². The molecule has 0 radical (unpaired) electrons. The first-order valence-electron chi connectivity index (χ1n) is 6.74. The maximum atomic E-state index is 2.43. The summed E-state index contributed by atoms with van der Waals surface area (Å²) >= 11 is 2.43. The highest BCUT2D eigenvalue weighted by molar-refractivity contribution is 14.1. The van der Waals surface area contributed by atoms with Crippen LogP contribution in [0.5, 0.6) is 0 Å². The first-order chi connectivity index (χ1) is 9.74. The minimum atomic E-state index is 1.31. The summed E-state index contributed by atoms with van der Waals surface area (Å²) in [4.78, 5) is 0. The van der Waals surface area contributed by atoms with E-state index in [0.717, 1.165) is 0 Å². The molecule has 0 nitrogen and oxygen atoms in total. The van der Waals surface area contributed by atoms with Crippen LogP contribution in [0.1, 0.15) is 5.56 Å². The van der Waals surface area contributed by atoms with Crippen LogP contribution < -0.4 is 0 Å². The average Bonchev–Trinajstić information content (AvgIpc) is 2.48. The fraction of sp³-hybridized carbons (Fsp3) is 0.0526. The first kappa shape index (κ1) is 12.2. The maximum Gasteiger partial charge on any atom is 0.0209 e. The van der Waals surface area contributed by atoms with Crippen molar-refractivity contribution in [1.82, 2.24) is 0 Å². The second-order valence-electron chi connectivity index (χ2n) is 5.27. The topological polar surface area (TPSA) is 0 Å². The average molecular weight is 368 g/mol. The summed E-state index contributed by atoms with van der Waals surface area (Å²) in [6.45, 7) is 2.20. The molecule has 0 spiro atoms. The van der Waals surface area contributed by atoms with Gasteiger partial charge in [0, 0.05) is 3.57 Å². The molecule has 0 unspecified atom stereocenters. The quantitative estimate of drug-likeness (QED) is 0.201. The molecule has 0 aliphatic carbocycles. The van der Waals surface area contributed by atoms with Gasteiger partial charge < -0.3 is 0 Å². The van der Waals surface area contributed by atoms with Gasteiger partial charge in [-0.25, -0.2) is 0 Å². The molecule has 0 bridgehead atoms. The number of aryl methyl sites for hydroxylation is 1. The largest absolute Gasteiger partial charge is 0.0616 e. The summed E-state index contributed by atoms with van der Waals surface area (Å²) in [5, 5.41) is 8.04. The Balaban J connectivity index is 2.29. The van der Waals surface area contributed by atoms with E-state index in [1.807, 2.05) is 0 Å². The summed E-state index contributed by atoms with van der Waals surface area (Å²) < 4.78 is 1.32. The Hall–Kier alpha value is -1.61. The Morgan fingerprint density at radius 3 is 2.25 bits per heavy atom. The van der Waals surface area contributed by atoms with Gasteiger partial charge in [0.2, 0.25) is 0 Å². The molecule has 4 aromatic carbocycles. The van der Waals surface area contributed by atoms with Gasteiger partial charge in [-0.15, -0.1) is 0 Å². The van der Waals surface area contributed by atoms with Gasteiger partial charge in [-0.1, -0.05) is 42.5 Å². The van der Waals surface area contributed by atoms with Crippen molar-refractivity contribution >= 4 is 54.9 Å². The molecule has 0 N–H and O–H groups in total. The predicted octanol–water partition coefficient (Wildman–Crippen LogP) is 6.06. The number of hydrogen-bond donors (Lipinski definition) is 0. The van der Waals surface area contributed by atoms with Gasteiger partial charge in [0.25, 0.3) is 0 Å². The van der Waals surface area contributed by atoms with Gasteiger partial charge >= 0.3 is 0 Å². The lowest BCUT2D eigenvalue weighted by atomic mass is 9.96. The molecule has 0 heterocycles. The molecule has 0 aliphatic rings. The Morgan fingerprint density at radius 2 is 1.45 bits per heavy atom. The zero-order chi connectivity index (χ0) is 13.7. The van der Waals surface area contributed by atoms with Crippen LogP contribution in [0.3, 0.4) is 0 Å². The standard InChI is InChI=1S/C19H13I/c1-12-6-9-18(20)16-8-7-15-10-13-4-2-3-5-14(13)11-17(15)19(12)16/h2-11H,1H3. The van der Waals surface area contributed by atoms with Crippen LogP contribution in [0, 0.1) is 10.5 Å². The van der Waals surface area contributed by atoms with Crippen molar-refractivity contribution in [2.24, 2.45) is 0 Å². The highest BCUT2D eigenvalue weighted by Gasteiger charge is 2.07. The van der Waals surface area contributed by atoms with Crippen LogP contribution in [0.2, 0.25) is 0 Å². The van der Waals surface area contributed by atoms with Crippen molar-refractivity contribution in [3.8, 4) is 0 Å². The fourth-order valence-corrected chi connectivity index (χ4v) is 3.64. The van der Waals surface area contributed by atoms with Gasteiger partial charge in [-0.05, 0) is 85.6 Å². The van der Waals surface area contributed by atoms with E-state index in [1.165, 1.54) is 41.5 Å². The number of halogens is 1. The smallest absolute Gasteiger partial charge is 0.0209 e. The predicted molar refractivity (Wildman–Crippen MR) is 96.4 cm³/mol. The highest BCUT2D eigenvalue weighted by atomic mass is 127. The second-order valence-corrected chi connectivity index (χ2v) is 6.44. The molecule has 0 aromatic heterocycles. The summed E-state index contributed by atoms with van der Waals surface area (Å²) in [5.74, 6) is 0. The Morgan fingerprint density at radius 1 is 0.700 bits per heavy atom. The monoisotopic (exact) mass is 368 g/mol. The number of rotatable bonds is 0. The number of fused-ring (bicyclic) bond motifs is 4. The van der Waals surface area contributed by atoms with Crippen molar-refractivity contribution in [2.75, 3.05) is 0 Å². The number of benzene rings is 4. The van der Waals surface area contributed by atoms with E-state index >= 15 is 0 Å². The molecule has 1 heteroatoms. The molecule has 0 saturated carbocycles. The van der Waals surface area contributed by atoms with Crippen LogP contribution in [-0.2, 0) is 0 Å². The summed E-state index contributed by atoms with van der Waals surface area (Å²) in [6.07, 6.45) is 0. The van der Waals surface area contributed by atoms with Crippen molar-refractivity contribution in [3.63, 3.8) is 0 Å². The molecule has 0 amide bonds. The van der Waals surface area contributed by atoms with Crippen molar-refractivity contribution in [3.05, 3.63) is 69.8 Å². The van der Waals surface area contributed by atoms with E-state index in [-0.39, 0.29) is 0 Å². The van der Waals surface area contributed by atoms with Crippen LogP contribution in [-0.4, -0.2) is 0 Å². The van der Waals surface area contributed by atoms with Gasteiger partial charge in [-0.3, -0.25) is 0 Å². The van der Waals surface area contributed by atoms with Crippen LogP contribution in [0.25, 0.3) is 32.3 Å². The van der Waals surface area contributed by atoms with E-state index in [9.17, 15) is 0 Å². The third-order valence-electron chi connectivity index (χ3n) is 4.02. The lowest BCUT2D eigenvalue weighted by Crippen LogP contribution is -1.85. The Kier molecular flexibility index (Phi) is 2.71. The molecular formula is C19H13I. The zero-order valence-corrected chi connectivity index (χ0v) is 13.3. The van der Waals surface area contributed by atoms with Gasteiger partial charge in [0.15, 0.2) is 0 Å². The lowest BCUT2D eigenvalue weighted by Gasteiger charge is -2.10. The highest BCUT2D eigenvalue weighted by Crippen LogP contribution is 2.33. The van der Waals surface area contributed by atoms with E-state index in [4.69, 9.17) is 0 Å². The Bertz CT molecular complexity index is 967. The van der Waals surface area contributed by atoms with Crippen LogP contribution in [0.4, 0.5) is 0 Å². The summed E-state index contributed by atoms with van der Waals surface area (Å²) in [7, 11) is 0. The van der Waals surface area contributed by atoms with E-state index in [0.29, 0.717) is 0 Å². The minimum Gasteiger partial charge on any atom is -0.0616 e. The summed E-state index contributed by atoms with van der Waals surface area (Å²) in [5.41, 5.74) is 1.35. The molecular weight excluding hydrogens is 355 g/mol. The molecule has 20 heavy (non-hydrogen) atoms. The van der Waals surface area contributed by atoms with Crippen molar-refractivity contribution in [1.29, 1.82) is 0 Å². The third kappa shape index (κ3) is 1.73. The third-order valence-corrected chi connectivity index (χ3v) is 4.96. The first-order valence-corrected chi connectivity index (χ1v) is 7.82. The molecule has 96 valence electrons. The second kappa shape index (κ2) is 4.45. The van der Waals surface area contributed by atoms with Crippen molar-refractivity contribution < 1.29 is 0 Å². The van der Waals surface area contributed by atoms with Gasteiger partial charge in [-0.2, -0.15) is 0 Å². The van der Waals surface area contributed by atoms with E-state index in [2.05, 4.69) is 90.2 Å². The fourth-order valence-electron chi connectivity index (χ4n) is 3.01. The number of hydrogen-bond acceptors (Lipinski definition) is 0. The van der Waals surface area contributed by atoms with E-state index in [1.54, 1.807) is 0 Å². The lowest BCUT2D eigenvalue weighted by molar-refractivity contribution is 1.53.